The molecule has 0 spiro atoms. The highest BCUT2D eigenvalue weighted by Crippen LogP contribution is 2.26. The van der Waals surface area contributed by atoms with E-state index in [0.29, 0.717) is 48.9 Å². The summed E-state index contributed by atoms with van der Waals surface area (Å²) in [5, 5.41) is 15.5. The van der Waals surface area contributed by atoms with Crippen LogP contribution in [0, 0.1) is 12.7 Å². The molecular weight excluding hydrogens is 407 g/mol. The minimum absolute atomic E-state index is 0.165. The summed E-state index contributed by atoms with van der Waals surface area (Å²) in [7, 11) is 0. The fourth-order valence-electron chi connectivity index (χ4n) is 3.28. The van der Waals surface area contributed by atoms with Gasteiger partial charge in [-0.05, 0) is 31.2 Å². The van der Waals surface area contributed by atoms with E-state index in [2.05, 4.69) is 15.5 Å². The monoisotopic (exact) mass is 426 g/mol. The smallest absolute Gasteiger partial charge is 0.374 e. The van der Waals surface area contributed by atoms with E-state index >= 15 is 0 Å². The second-order valence-electron chi connectivity index (χ2n) is 6.99. The van der Waals surface area contributed by atoms with Crippen LogP contribution >= 0.6 is 0 Å². The number of pyridine rings is 1. The molecule has 4 rings (SSSR count). The zero-order valence-electron chi connectivity index (χ0n) is 16.6. The Morgan fingerprint density at radius 3 is 2.65 bits per heavy atom. The summed E-state index contributed by atoms with van der Waals surface area (Å²) in [5.41, 5.74) is 2.48. The van der Waals surface area contributed by atoms with Crippen molar-refractivity contribution in [3.05, 3.63) is 59.4 Å². The van der Waals surface area contributed by atoms with Crippen LogP contribution < -0.4 is 10.2 Å². The molecule has 1 aliphatic heterocycles. The molecule has 0 unspecified atom stereocenters. The Labute approximate surface area is 176 Å². The number of hydrogen-bond acceptors (Lipinski definition) is 7. The molecule has 1 aliphatic rings. The second-order valence-corrected chi connectivity index (χ2v) is 6.99. The summed E-state index contributed by atoms with van der Waals surface area (Å²) >= 11 is 0. The molecule has 3 aromatic rings. The number of morpholine rings is 1. The summed E-state index contributed by atoms with van der Waals surface area (Å²) in [4.78, 5) is 30.0. The third-order valence-corrected chi connectivity index (χ3v) is 4.86. The van der Waals surface area contributed by atoms with Crippen LogP contribution in [0.1, 0.15) is 26.6 Å². The fraction of sp³-hybridized carbons (Fsp3) is 0.238. The number of ether oxygens (including phenoxy) is 1. The lowest BCUT2D eigenvalue weighted by atomic mass is 10.1. The number of carboxylic acid groups (broad SMARTS) is 1. The van der Waals surface area contributed by atoms with Crippen LogP contribution in [0.25, 0.3) is 11.3 Å². The maximum atomic E-state index is 14.2. The van der Waals surface area contributed by atoms with Crippen molar-refractivity contribution < 1.29 is 28.3 Å². The van der Waals surface area contributed by atoms with E-state index in [4.69, 9.17) is 14.4 Å². The molecule has 0 radical (unpaired) electrons. The van der Waals surface area contributed by atoms with Gasteiger partial charge in [-0.3, -0.25) is 9.78 Å². The molecule has 9 nitrogen and oxygen atoms in total. The van der Waals surface area contributed by atoms with Crippen LogP contribution in [0.2, 0.25) is 0 Å². The van der Waals surface area contributed by atoms with Gasteiger partial charge in [0.15, 0.2) is 0 Å². The van der Waals surface area contributed by atoms with Crippen molar-refractivity contribution in [3.63, 3.8) is 0 Å². The number of nitrogens with one attached hydrogen (secondary N) is 1. The van der Waals surface area contributed by atoms with E-state index < -0.39 is 17.7 Å². The number of carbonyl (C=O) groups is 2. The van der Waals surface area contributed by atoms with Gasteiger partial charge in [-0.1, -0.05) is 5.16 Å². The lowest BCUT2D eigenvalue weighted by Crippen LogP contribution is -2.36. The van der Waals surface area contributed by atoms with E-state index in [0.717, 1.165) is 0 Å². The zero-order chi connectivity index (χ0) is 22.0. The van der Waals surface area contributed by atoms with Crippen LogP contribution in [0.15, 0.2) is 41.1 Å². The van der Waals surface area contributed by atoms with E-state index in [1.54, 1.807) is 19.1 Å². The number of benzene rings is 1. The molecule has 0 atom stereocenters. The number of nitrogens with zero attached hydrogens (tertiary/aromatic N) is 3. The average Bonchev–Trinajstić information content (AvgIpc) is 3.26. The Morgan fingerprint density at radius 2 is 1.94 bits per heavy atom. The molecule has 1 fully saturated rings. The zero-order valence-corrected chi connectivity index (χ0v) is 16.6. The van der Waals surface area contributed by atoms with Crippen LogP contribution in [0.4, 0.5) is 15.8 Å². The number of amides is 1. The minimum Gasteiger partial charge on any atom is -0.475 e. The second kappa shape index (κ2) is 8.52. The third-order valence-electron chi connectivity index (χ3n) is 4.86. The first-order valence-electron chi connectivity index (χ1n) is 9.52. The van der Waals surface area contributed by atoms with E-state index in [9.17, 15) is 14.0 Å². The molecule has 3 heterocycles. The van der Waals surface area contributed by atoms with Gasteiger partial charge in [0.1, 0.15) is 11.5 Å². The van der Waals surface area contributed by atoms with Crippen molar-refractivity contribution in [2.24, 2.45) is 0 Å². The van der Waals surface area contributed by atoms with E-state index in [1.807, 2.05) is 4.90 Å². The minimum atomic E-state index is -1.24. The average molecular weight is 426 g/mol. The van der Waals surface area contributed by atoms with Crippen LogP contribution in [-0.2, 0) is 4.74 Å². The highest BCUT2D eigenvalue weighted by atomic mass is 19.1. The summed E-state index contributed by atoms with van der Waals surface area (Å²) < 4.78 is 24.3. The van der Waals surface area contributed by atoms with Gasteiger partial charge in [0.25, 0.3) is 5.91 Å². The molecule has 2 N–H and O–H groups in total. The summed E-state index contributed by atoms with van der Waals surface area (Å²) in [6, 6.07) is 7.06. The third kappa shape index (κ3) is 4.53. The van der Waals surface area contributed by atoms with E-state index in [-0.39, 0.29) is 17.0 Å². The standard InChI is InChI=1S/C21H19FN4O5/c1-12-17(18-10-19(21(28)29)31-25-18)9-15(11-23-12)24-20(27)13-6-14(22)8-16(7-13)26-2-4-30-5-3-26/h6-11H,2-5H2,1H3,(H,24,27)(H,28,29). The van der Waals surface area contributed by atoms with Gasteiger partial charge >= 0.3 is 5.97 Å². The Balaban J connectivity index is 1.57. The number of anilines is 2. The Hall–Kier alpha value is -3.79. The highest BCUT2D eigenvalue weighted by Gasteiger charge is 2.18. The van der Waals surface area contributed by atoms with E-state index in [1.165, 1.54) is 24.4 Å². The number of aromatic carboxylic acids is 1. The summed E-state index contributed by atoms with van der Waals surface area (Å²) in [6.45, 7) is 4.04. The molecule has 31 heavy (non-hydrogen) atoms. The molecule has 0 aliphatic carbocycles. The molecule has 2 aromatic heterocycles. The van der Waals surface area contributed by atoms with Gasteiger partial charge in [0, 0.05) is 41.7 Å². The number of aromatic nitrogens is 2. The van der Waals surface area contributed by atoms with Gasteiger partial charge in [-0.2, -0.15) is 0 Å². The van der Waals surface area contributed by atoms with Gasteiger partial charge in [-0.25, -0.2) is 9.18 Å². The largest absolute Gasteiger partial charge is 0.475 e. The predicted molar refractivity (Wildman–Crippen MR) is 109 cm³/mol. The number of rotatable bonds is 5. The molecule has 10 heteroatoms. The van der Waals surface area contributed by atoms with Crippen molar-refractivity contribution in [1.82, 2.24) is 10.1 Å². The van der Waals surface area contributed by atoms with Crippen molar-refractivity contribution in [2.75, 3.05) is 36.5 Å². The highest BCUT2D eigenvalue weighted by molar-refractivity contribution is 6.05. The molecule has 0 bridgehead atoms. The van der Waals surface area contributed by atoms with Crippen molar-refractivity contribution in [1.29, 1.82) is 0 Å². The fourth-order valence-corrected chi connectivity index (χ4v) is 3.28. The first-order chi connectivity index (χ1) is 14.9. The molecular formula is C21H19FN4O5. The van der Waals surface area contributed by atoms with Crippen LogP contribution in [-0.4, -0.2) is 53.4 Å². The van der Waals surface area contributed by atoms with Crippen molar-refractivity contribution in [2.45, 2.75) is 6.92 Å². The number of halogens is 1. The lowest BCUT2D eigenvalue weighted by molar-refractivity contribution is 0.0652. The summed E-state index contributed by atoms with van der Waals surface area (Å²) in [6.07, 6.45) is 1.46. The maximum Gasteiger partial charge on any atom is 0.374 e. The van der Waals surface area contributed by atoms with Crippen molar-refractivity contribution in [3.8, 4) is 11.3 Å². The number of carboxylic acids is 1. The first-order valence-corrected chi connectivity index (χ1v) is 9.52. The van der Waals surface area contributed by atoms with Crippen molar-refractivity contribution >= 4 is 23.3 Å². The Morgan fingerprint density at radius 1 is 1.16 bits per heavy atom. The lowest BCUT2D eigenvalue weighted by Gasteiger charge is -2.29. The normalized spacial score (nSPS) is 13.8. The molecule has 0 saturated carbocycles. The predicted octanol–water partition coefficient (Wildman–Crippen LogP) is 2.97. The first kappa shape index (κ1) is 20.5. The molecule has 1 amide bonds. The molecule has 1 saturated heterocycles. The van der Waals surface area contributed by atoms with Gasteiger partial charge in [-0.15, -0.1) is 0 Å². The number of carbonyl (C=O) groups excluding carboxylic acids is 1. The van der Waals surface area contributed by atoms with Gasteiger partial charge in [0.05, 0.1) is 25.1 Å². The topological polar surface area (TPSA) is 118 Å². The Bertz CT molecular complexity index is 1140. The summed E-state index contributed by atoms with van der Waals surface area (Å²) in [5.74, 6) is -2.56. The van der Waals surface area contributed by atoms with Crippen LogP contribution in [0.5, 0.6) is 0 Å². The maximum absolute atomic E-state index is 14.2. The number of aryl methyl sites for hydroxylation is 1. The van der Waals surface area contributed by atoms with Gasteiger partial charge in [0.2, 0.25) is 5.76 Å². The Kier molecular flexibility index (Phi) is 5.63. The molecule has 160 valence electrons. The van der Waals surface area contributed by atoms with Gasteiger partial charge < -0.3 is 24.6 Å². The SMILES string of the molecule is Cc1ncc(NC(=O)c2cc(F)cc(N3CCOCC3)c2)cc1-c1cc(C(=O)O)on1. The number of hydrogen-bond donors (Lipinski definition) is 2. The van der Waals surface area contributed by atoms with Crippen LogP contribution in [0.3, 0.4) is 0 Å². The molecule has 1 aromatic carbocycles. The quantitative estimate of drug-likeness (QED) is 0.639.